The van der Waals surface area contributed by atoms with Crippen LogP contribution >= 0.6 is 0 Å². The summed E-state index contributed by atoms with van der Waals surface area (Å²) in [6.45, 7) is 4.33. The molecule has 0 spiro atoms. The maximum atomic E-state index is 13.0. The number of nitrogens with zero attached hydrogens (tertiary/aromatic N) is 2. The van der Waals surface area contributed by atoms with E-state index >= 15 is 0 Å². The van der Waals surface area contributed by atoms with Crippen LogP contribution in [0.25, 0.3) is 11.1 Å². The Morgan fingerprint density at radius 2 is 2.17 bits per heavy atom. The molecule has 0 aliphatic carbocycles. The zero-order chi connectivity index (χ0) is 16.8. The summed E-state index contributed by atoms with van der Waals surface area (Å²) in [4.78, 5) is 13.0. The summed E-state index contributed by atoms with van der Waals surface area (Å²) in [5.41, 5.74) is 1.60. The highest BCUT2D eigenvalue weighted by Crippen LogP contribution is 2.21. The van der Waals surface area contributed by atoms with Crippen molar-refractivity contribution in [1.82, 2.24) is 15.1 Å². The van der Waals surface area contributed by atoms with Crippen LogP contribution in [-0.4, -0.2) is 35.6 Å². The lowest BCUT2D eigenvalue weighted by atomic mass is 10.0. The Bertz CT molecular complexity index is 693. The van der Waals surface area contributed by atoms with Crippen LogP contribution in [0.4, 0.5) is 0 Å². The Morgan fingerprint density at radius 3 is 2.88 bits per heavy atom. The van der Waals surface area contributed by atoms with E-state index in [4.69, 9.17) is 4.74 Å². The molecule has 128 valence electrons. The van der Waals surface area contributed by atoms with Crippen LogP contribution in [0.1, 0.15) is 32.2 Å². The molecular weight excluding hydrogens is 302 g/mol. The normalized spacial score (nSPS) is 19.1. The van der Waals surface area contributed by atoms with E-state index in [9.17, 15) is 4.79 Å². The van der Waals surface area contributed by atoms with Crippen LogP contribution < -0.4 is 10.9 Å². The topological polar surface area (TPSA) is 56.1 Å². The standard InChI is InChI=1S/C19H25N3O2/c1-2-3-9-18(17-14-24-13-12-20-17)22-19(23)16(10-11-21-22)15-7-5-4-6-8-15/h4-8,10-11,17-18,20H,2-3,9,12-14H2,1H3. The number of ether oxygens (including phenoxy) is 1. The second kappa shape index (κ2) is 8.22. The quantitative estimate of drug-likeness (QED) is 0.886. The van der Waals surface area contributed by atoms with E-state index in [1.54, 1.807) is 16.9 Å². The van der Waals surface area contributed by atoms with Crippen molar-refractivity contribution in [3.05, 3.63) is 52.9 Å². The van der Waals surface area contributed by atoms with Gasteiger partial charge < -0.3 is 10.1 Å². The Labute approximate surface area is 142 Å². The highest BCUT2D eigenvalue weighted by molar-refractivity contribution is 5.61. The lowest BCUT2D eigenvalue weighted by molar-refractivity contribution is 0.0534. The first-order valence-electron chi connectivity index (χ1n) is 8.75. The number of unbranched alkanes of at least 4 members (excludes halogenated alkanes) is 1. The highest BCUT2D eigenvalue weighted by Gasteiger charge is 2.27. The van der Waals surface area contributed by atoms with Crippen LogP contribution in [0.15, 0.2) is 47.4 Å². The van der Waals surface area contributed by atoms with Crippen LogP contribution in [-0.2, 0) is 4.74 Å². The summed E-state index contributed by atoms with van der Waals surface area (Å²) in [5, 5.41) is 7.89. The third-order valence-corrected chi connectivity index (χ3v) is 4.54. The second-order valence-electron chi connectivity index (χ2n) is 6.21. The van der Waals surface area contributed by atoms with Crippen LogP contribution in [0.2, 0.25) is 0 Å². The van der Waals surface area contributed by atoms with E-state index in [2.05, 4.69) is 17.3 Å². The number of aromatic nitrogens is 2. The minimum absolute atomic E-state index is 0.0152. The van der Waals surface area contributed by atoms with Crippen molar-refractivity contribution in [2.24, 2.45) is 0 Å². The fourth-order valence-corrected chi connectivity index (χ4v) is 3.24. The molecule has 2 unspecified atom stereocenters. The molecule has 1 fully saturated rings. The van der Waals surface area contributed by atoms with Gasteiger partial charge in [0.2, 0.25) is 0 Å². The fourth-order valence-electron chi connectivity index (χ4n) is 3.24. The molecule has 0 amide bonds. The second-order valence-corrected chi connectivity index (χ2v) is 6.21. The molecule has 3 rings (SSSR count). The average molecular weight is 327 g/mol. The van der Waals surface area contributed by atoms with Crippen molar-refractivity contribution in [3.8, 4) is 11.1 Å². The molecule has 0 saturated carbocycles. The van der Waals surface area contributed by atoms with Gasteiger partial charge in [0.1, 0.15) is 0 Å². The Hall–Kier alpha value is -1.98. The third kappa shape index (κ3) is 3.74. The van der Waals surface area contributed by atoms with Gasteiger partial charge >= 0.3 is 0 Å². The molecule has 1 aromatic carbocycles. The van der Waals surface area contributed by atoms with Gasteiger partial charge in [-0.25, -0.2) is 4.68 Å². The Morgan fingerprint density at radius 1 is 1.33 bits per heavy atom. The lowest BCUT2D eigenvalue weighted by Crippen LogP contribution is -2.49. The first kappa shape index (κ1) is 16.9. The van der Waals surface area contributed by atoms with E-state index in [0.717, 1.165) is 38.0 Å². The Kier molecular flexibility index (Phi) is 5.77. The molecule has 1 aliphatic heterocycles. The van der Waals surface area contributed by atoms with Gasteiger partial charge in [-0.05, 0) is 18.1 Å². The monoisotopic (exact) mass is 327 g/mol. The maximum Gasteiger partial charge on any atom is 0.274 e. The molecule has 0 radical (unpaired) electrons. The summed E-state index contributed by atoms with van der Waals surface area (Å²) in [6.07, 6.45) is 4.80. The lowest BCUT2D eigenvalue weighted by Gasteiger charge is -2.32. The van der Waals surface area contributed by atoms with E-state index in [1.807, 2.05) is 30.3 Å². The number of hydrogen-bond donors (Lipinski definition) is 1. The van der Waals surface area contributed by atoms with Crippen LogP contribution in [0.3, 0.4) is 0 Å². The zero-order valence-electron chi connectivity index (χ0n) is 14.1. The van der Waals surface area contributed by atoms with Crippen molar-refractivity contribution in [2.75, 3.05) is 19.8 Å². The zero-order valence-corrected chi connectivity index (χ0v) is 14.1. The molecule has 2 atom stereocenters. The van der Waals surface area contributed by atoms with Crippen molar-refractivity contribution in [1.29, 1.82) is 0 Å². The van der Waals surface area contributed by atoms with Crippen molar-refractivity contribution in [3.63, 3.8) is 0 Å². The first-order chi connectivity index (χ1) is 11.8. The van der Waals surface area contributed by atoms with Crippen LogP contribution in [0.5, 0.6) is 0 Å². The van der Waals surface area contributed by atoms with Gasteiger partial charge in [-0.15, -0.1) is 0 Å². The molecule has 1 aliphatic rings. The van der Waals surface area contributed by atoms with E-state index in [-0.39, 0.29) is 17.6 Å². The molecule has 1 saturated heterocycles. The van der Waals surface area contributed by atoms with E-state index < -0.39 is 0 Å². The summed E-state index contributed by atoms with van der Waals surface area (Å²) >= 11 is 0. The van der Waals surface area contributed by atoms with Gasteiger partial charge in [0.05, 0.1) is 30.9 Å². The minimum Gasteiger partial charge on any atom is -0.378 e. The van der Waals surface area contributed by atoms with Gasteiger partial charge in [0, 0.05) is 12.7 Å². The SMILES string of the molecule is CCCCC(C1COCCN1)n1nccc(-c2ccccc2)c1=O. The predicted molar refractivity (Wildman–Crippen MR) is 95.1 cm³/mol. The molecule has 1 aromatic heterocycles. The van der Waals surface area contributed by atoms with Gasteiger partial charge in [0.25, 0.3) is 5.56 Å². The minimum atomic E-state index is -0.0304. The van der Waals surface area contributed by atoms with Crippen molar-refractivity contribution in [2.45, 2.75) is 38.3 Å². The van der Waals surface area contributed by atoms with Crippen molar-refractivity contribution >= 4 is 0 Å². The van der Waals surface area contributed by atoms with E-state index in [1.165, 1.54) is 0 Å². The van der Waals surface area contributed by atoms with Gasteiger partial charge in [-0.1, -0.05) is 50.1 Å². The molecule has 5 nitrogen and oxygen atoms in total. The Balaban J connectivity index is 1.96. The number of hydrogen-bond acceptors (Lipinski definition) is 4. The van der Waals surface area contributed by atoms with Gasteiger partial charge in [-0.2, -0.15) is 5.10 Å². The fraction of sp³-hybridized carbons (Fsp3) is 0.474. The number of nitrogens with one attached hydrogen (secondary N) is 1. The number of rotatable bonds is 6. The van der Waals surface area contributed by atoms with Crippen LogP contribution in [0, 0.1) is 0 Å². The summed E-state index contributed by atoms with van der Waals surface area (Å²) in [6, 6.07) is 11.7. The first-order valence-corrected chi connectivity index (χ1v) is 8.75. The molecular formula is C19H25N3O2. The van der Waals surface area contributed by atoms with Gasteiger partial charge in [0.15, 0.2) is 0 Å². The van der Waals surface area contributed by atoms with Gasteiger partial charge in [-0.3, -0.25) is 4.79 Å². The highest BCUT2D eigenvalue weighted by atomic mass is 16.5. The van der Waals surface area contributed by atoms with Crippen molar-refractivity contribution < 1.29 is 4.74 Å². The summed E-state index contributed by atoms with van der Waals surface area (Å²) in [7, 11) is 0. The number of benzene rings is 1. The smallest absolute Gasteiger partial charge is 0.274 e. The molecule has 24 heavy (non-hydrogen) atoms. The summed E-state index contributed by atoms with van der Waals surface area (Å²) in [5.74, 6) is 0. The average Bonchev–Trinajstić information content (AvgIpc) is 2.65. The largest absolute Gasteiger partial charge is 0.378 e. The maximum absolute atomic E-state index is 13.0. The molecule has 1 N–H and O–H groups in total. The number of morpholine rings is 1. The third-order valence-electron chi connectivity index (χ3n) is 4.54. The van der Waals surface area contributed by atoms with E-state index in [0.29, 0.717) is 12.2 Å². The predicted octanol–water partition coefficient (Wildman–Crippen LogP) is 2.63. The molecule has 2 heterocycles. The molecule has 2 aromatic rings. The molecule has 5 heteroatoms. The summed E-state index contributed by atoms with van der Waals surface area (Å²) < 4.78 is 7.27. The molecule has 0 bridgehead atoms.